The van der Waals surface area contributed by atoms with Crippen LogP contribution < -0.4 is 0 Å². The first-order valence-electron chi connectivity index (χ1n) is 4.47. The summed E-state index contributed by atoms with van der Waals surface area (Å²) in [5, 5.41) is 17.2. The summed E-state index contributed by atoms with van der Waals surface area (Å²) in [6.45, 7) is 1.43. The molecule has 1 aromatic carbocycles. The lowest BCUT2D eigenvalue weighted by atomic mass is 10.1. The first-order chi connectivity index (χ1) is 7.17. The minimum atomic E-state index is -0.755. The van der Waals surface area contributed by atoms with Crippen LogP contribution in [-0.4, -0.2) is 17.2 Å². The molecule has 1 aromatic rings. The summed E-state index contributed by atoms with van der Waals surface area (Å²) in [4.78, 5) is 11.4. The topological polar surface area (TPSA) is 70.3 Å². The Kier molecular flexibility index (Phi) is 3.83. The summed E-state index contributed by atoms with van der Waals surface area (Å²) in [5.41, 5.74) is 1.09. The molecule has 0 aliphatic heterocycles. The Morgan fingerprint density at radius 3 is 2.60 bits per heavy atom. The van der Waals surface area contributed by atoms with Crippen LogP contribution in [0.4, 0.5) is 0 Å². The monoisotopic (exact) mass is 205 g/mol. The van der Waals surface area contributed by atoms with Gasteiger partial charge in [0.1, 0.15) is 6.07 Å². The zero-order chi connectivity index (χ0) is 11.3. The van der Waals surface area contributed by atoms with E-state index >= 15 is 0 Å². The number of aliphatic hydroxyl groups excluding tert-OH is 1. The Bertz CT molecular complexity index is 378. The molecule has 0 aromatic heterocycles. The summed E-state index contributed by atoms with van der Waals surface area (Å²) >= 11 is 0. The van der Waals surface area contributed by atoms with E-state index in [0.717, 1.165) is 5.56 Å². The number of esters is 1. The van der Waals surface area contributed by atoms with Crippen molar-refractivity contribution in [2.24, 2.45) is 0 Å². The third-order valence-corrected chi connectivity index (χ3v) is 1.84. The summed E-state index contributed by atoms with van der Waals surface area (Å²) in [6, 6.07) is 8.18. The van der Waals surface area contributed by atoms with Gasteiger partial charge in [-0.25, -0.2) is 4.79 Å². The van der Waals surface area contributed by atoms with Gasteiger partial charge in [0.25, 0.3) is 0 Å². The average Bonchev–Trinajstić information content (AvgIpc) is 2.29. The highest BCUT2D eigenvalue weighted by Gasteiger charge is 2.10. The van der Waals surface area contributed by atoms with Gasteiger partial charge in [-0.2, -0.15) is 5.26 Å². The van der Waals surface area contributed by atoms with Crippen LogP contribution in [0.3, 0.4) is 0 Å². The van der Waals surface area contributed by atoms with E-state index in [-0.39, 0.29) is 6.61 Å². The molecule has 4 heteroatoms. The Labute approximate surface area is 87.7 Å². The molecular formula is C11H11NO3. The van der Waals surface area contributed by atoms with Crippen molar-refractivity contribution in [2.45, 2.75) is 19.6 Å². The van der Waals surface area contributed by atoms with Gasteiger partial charge in [-0.05, 0) is 24.6 Å². The van der Waals surface area contributed by atoms with Crippen LogP contribution >= 0.6 is 0 Å². The van der Waals surface area contributed by atoms with Crippen molar-refractivity contribution in [2.75, 3.05) is 0 Å². The molecule has 0 saturated carbocycles. The standard InChI is InChI=1S/C11H11NO3/c1-8(6-12)15-11(14)10-4-2-9(7-13)3-5-10/h2-5,8,13H,7H2,1H3/t8-/m0/s1. The predicted octanol–water partition coefficient (Wildman–Crippen LogP) is 1.25. The molecule has 0 saturated heterocycles. The maximum absolute atomic E-state index is 11.4. The van der Waals surface area contributed by atoms with Crippen LogP contribution in [0, 0.1) is 11.3 Å². The van der Waals surface area contributed by atoms with Crippen LogP contribution in [-0.2, 0) is 11.3 Å². The molecule has 0 fully saturated rings. The fourth-order valence-electron chi connectivity index (χ4n) is 1.00. The molecule has 78 valence electrons. The van der Waals surface area contributed by atoms with E-state index in [9.17, 15) is 4.79 Å². The van der Waals surface area contributed by atoms with Crippen LogP contribution in [0.2, 0.25) is 0 Å². The Morgan fingerprint density at radius 2 is 2.13 bits per heavy atom. The molecule has 15 heavy (non-hydrogen) atoms. The number of carbonyl (C=O) groups excluding carboxylic acids is 1. The SMILES string of the molecule is C[C@@H](C#N)OC(=O)c1ccc(CO)cc1. The minimum Gasteiger partial charge on any atom is -0.444 e. The van der Waals surface area contributed by atoms with Gasteiger partial charge in [0, 0.05) is 0 Å². The fraction of sp³-hybridized carbons (Fsp3) is 0.273. The van der Waals surface area contributed by atoms with Crippen molar-refractivity contribution in [3.63, 3.8) is 0 Å². The van der Waals surface area contributed by atoms with Crippen molar-refractivity contribution in [1.82, 2.24) is 0 Å². The number of hydrogen-bond acceptors (Lipinski definition) is 4. The lowest BCUT2D eigenvalue weighted by Gasteiger charge is -2.05. The van der Waals surface area contributed by atoms with Crippen molar-refractivity contribution in [3.8, 4) is 6.07 Å². The summed E-state index contributed by atoms with van der Waals surface area (Å²) in [5.74, 6) is -0.534. The van der Waals surface area contributed by atoms with Gasteiger partial charge in [-0.3, -0.25) is 0 Å². The quantitative estimate of drug-likeness (QED) is 0.754. The molecule has 0 heterocycles. The molecule has 0 spiro atoms. The van der Waals surface area contributed by atoms with E-state index in [2.05, 4.69) is 0 Å². The van der Waals surface area contributed by atoms with E-state index < -0.39 is 12.1 Å². The van der Waals surface area contributed by atoms with Crippen molar-refractivity contribution in [1.29, 1.82) is 5.26 Å². The first kappa shape index (κ1) is 11.2. The smallest absolute Gasteiger partial charge is 0.339 e. The molecule has 0 radical (unpaired) electrons. The van der Waals surface area contributed by atoms with E-state index in [1.54, 1.807) is 30.3 Å². The number of nitrogens with zero attached hydrogens (tertiary/aromatic N) is 1. The Morgan fingerprint density at radius 1 is 1.53 bits per heavy atom. The lowest BCUT2D eigenvalue weighted by molar-refractivity contribution is 0.0435. The number of aliphatic hydroxyl groups is 1. The Hall–Kier alpha value is -1.86. The number of rotatable bonds is 3. The molecule has 0 amide bonds. The number of nitriles is 1. The molecular weight excluding hydrogens is 194 g/mol. The van der Waals surface area contributed by atoms with Crippen molar-refractivity contribution >= 4 is 5.97 Å². The number of ether oxygens (including phenoxy) is 1. The summed E-state index contributed by atoms with van der Waals surface area (Å²) in [7, 11) is 0. The van der Waals surface area contributed by atoms with Crippen LogP contribution in [0.15, 0.2) is 24.3 Å². The largest absolute Gasteiger partial charge is 0.444 e. The second kappa shape index (κ2) is 5.13. The fourth-order valence-corrected chi connectivity index (χ4v) is 1.00. The first-order valence-corrected chi connectivity index (χ1v) is 4.47. The number of benzene rings is 1. The Balaban J connectivity index is 2.71. The zero-order valence-electron chi connectivity index (χ0n) is 8.30. The van der Waals surface area contributed by atoms with Crippen LogP contribution in [0.5, 0.6) is 0 Å². The van der Waals surface area contributed by atoms with E-state index in [1.165, 1.54) is 6.92 Å². The van der Waals surface area contributed by atoms with E-state index in [4.69, 9.17) is 15.1 Å². The van der Waals surface area contributed by atoms with E-state index in [0.29, 0.717) is 5.56 Å². The van der Waals surface area contributed by atoms with Crippen molar-refractivity contribution in [3.05, 3.63) is 35.4 Å². The molecule has 4 nitrogen and oxygen atoms in total. The van der Waals surface area contributed by atoms with Gasteiger partial charge >= 0.3 is 5.97 Å². The molecule has 1 atom stereocenters. The second-order valence-corrected chi connectivity index (χ2v) is 3.03. The molecule has 0 unspecified atom stereocenters. The summed E-state index contributed by atoms with van der Waals surface area (Å²) in [6.07, 6.45) is -0.755. The molecule has 0 aliphatic carbocycles. The maximum atomic E-state index is 11.4. The number of carbonyl (C=O) groups is 1. The van der Waals surface area contributed by atoms with Gasteiger partial charge in [-0.15, -0.1) is 0 Å². The predicted molar refractivity (Wildman–Crippen MR) is 52.9 cm³/mol. The van der Waals surface area contributed by atoms with Gasteiger partial charge in [0.2, 0.25) is 0 Å². The van der Waals surface area contributed by atoms with Gasteiger partial charge in [0.15, 0.2) is 6.10 Å². The van der Waals surface area contributed by atoms with Gasteiger partial charge in [0.05, 0.1) is 12.2 Å². The van der Waals surface area contributed by atoms with Crippen LogP contribution in [0.25, 0.3) is 0 Å². The van der Waals surface area contributed by atoms with Gasteiger partial charge < -0.3 is 9.84 Å². The average molecular weight is 205 g/mol. The highest BCUT2D eigenvalue weighted by atomic mass is 16.5. The minimum absolute atomic E-state index is 0.0655. The van der Waals surface area contributed by atoms with Crippen LogP contribution in [0.1, 0.15) is 22.8 Å². The highest BCUT2D eigenvalue weighted by molar-refractivity contribution is 5.89. The molecule has 0 bridgehead atoms. The number of hydrogen-bond donors (Lipinski definition) is 1. The lowest BCUT2D eigenvalue weighted by Crippen LogP contribution is -2.12. The zero-order valence-corrected chi connectivity index (χ0v) is 8.30. The van der Waals surface area contributed by atoms with Gasteiger partial charge in [-0.1, -0.05) is 12.1 Å². The summed E-state index contributed by atoms with van der Waals surface area (Å²) < 4.78 is 4.80. The van der Waals surface area contributed by atoms with E-state index in [1.807, 2.05) is 0 Å². The maximum Gasteiger partial charge on any atom is 0.339 e. The molecule has 0 aliphatic rings. The van der Waals surface area contributed by atoms with Crippen molar-refractivity contribution < 1.29 is 14.6 Å². The third kappa shape index (κ3) is 3.08. The second-order valence-electron chi connectivity index (χ2n) is 3.03. The molecule has 1 rings (SSSR count). The normalized spacial score (nSPS) is 11.5. The third-order valence-electron chi connectivity index (χ3n) is 1.84. The highest BCUT2D eigenvalue weighted by Crippen LogP contribution is 2.07. The molecule has 1 N–H and O–H groups in total.